The number of fused-ring (bicyclic) bond motifs is 1. The summed E-state index contributed by atoms with van der Waals surface area (Å²) in [4.78, 5) is 17.2. The van der Waals surface area contributed by atoms with E-state index in [2.05, 4.69) is 82.1 Å². The molecule has 4 nitrogen and oxygen atoms in total. The van der Waals surface area contributed by atoms with E-state index in [-0.39, 0.29) is 0 Å². The molecule has 2 heterocycles. The van der Waals surface area contributed by atoms with Crippen LogP contribution < -0.4 is 0 Å². The number of aromatic nitrogens is 1. The van der Waals surface area contributed by atoms with Gasteiger partial charge in [-0.2, -0.15) is 0 Å². The summed E-state index contributed by atoms with van der Waals surface area (Å²) >= 11 is 0. The number of benzene rings is 2. The highest BCUT2D eigenvalue weighted by molar-refractivity contribution is 5.84. The molecule has 0 saturated carbocycles. The van der Waals surface area contributed by atoms with Crippen LogP contribution in [0.4, 0.5) is 0 Å². The van der Waals surface area contributed by atoms with Gasteiger partial charge < -0.3 is 9.47 Å². The zero-order chi connectivity index (χ0) is 20.1. The Morgan fingerprint density at radius 1 is 0.931 bits per heavy atom. The minimum absolute atomic E-state index is 0.309. The Balaban J connectivity index is 1.25. The van der Waals surface area contributed by atoms with Crippen LogP contribution in [0.25, 0.3) is 10.9 Å². The second kappa shape index (κ2) is 9.27. The fourth-order valence-corrected chi connectivity index (χ4v) is 4.37. The number of amides is 1. The standard InChI is InChI=1S/C25H31N3O/c1-2-27-20-22(23-12-6-7-13-24(23)27)11-8-14-25(29)28-17-15-26(16-18-28)19-21-9-4-3-5-10-21/h3-7,9-10,12-13,20H,2,8,11,14-19H2,1H3. The van der Waals surface area contributed by atoms with Crippen LogP contribution in [0.5, 0.6) is 0 Å². The average molecular weight is 390 g/mol. The second-order valence-corrected chi connectivity index (χ2v) is 7.95. The molecule has 0 radical (unpaired) electrons. The van der Waals surface area contributed by atoms with Crippen LogP contribution in [0.1, 0.15) is 30.9 Å². The van der Waals surface area contributed by atoms with Gasteiger partial charge in [-0.05, 0) is 37.0 Å². The third-order valence-electron chi connectivity index (χ3n) is 6.02. The molecule has 1 saturated heterocycles. The lowest BCUT2D eigenvalue weighted by Crippen LogP contribution is -2.48. The van der Waals surface area contributed by atoms with E-state index in [1.807, 2.05) is 0 Å². The van der Waals surface area contributed by atoms with E-state index in [4.69, 9.17) is 0 Å². The molecule has 3 aromatic rings. The van der Waals surface area contributed by atoms with Crippen molar-refractivity contribution in [1.29, 1.82) is 0 Å². The first-order valence-corrected chi connectivity index (χ1v) is 10.9. The highest BCUT2D eigenvalue weighted by atomic mass is 16.2. The molecule has 0 aliphatic carbocycles. The molecular formula is C25H31N3O. The van der Waals surface area contributed by atoms with Gasteiger partial charge in [0.15, 0.2) is 0 Å². The van der Waals surface area contributed by atoms with Crippen LogP contribution in [0, 0.1) is 0 Å². The molecule has 4 rings (SSSR count). The van der Waals surface area contributed by atoms with E-state index < -0.39 is 0 Å². The minimum Gasteiger partial charge on any atom is -0.347 e. The zero-order valence-electron chi connectivity index (χ0n) is 17.4. The molecule has 1 aliphatic rings. The summed E-state index contributed by atoms with van der Waals surface area (Å²) in [7, 11) is 0. The van der Waals surface area contributed by atoms with Crippen LogP contribution in [0.15, 0.2) is 60.8 Å². The maximum absolute atomic E-state index is 12.7. The molecule has 1 aromatic heterocycles. The van der Waals surface area contributed by atoms with Crippen LogP contribution in [-0.2, 0) is 24.3 Å². The van der Waals surface area contributed by atoms with Crippen LogP contribution in [0.2, 0.25) is 0 Å². The summed E-state index contributed by atoms with van der Waals surface area (Å²) in [5.41, 5.74) is 4.01. The van der Waals surface area contributed by atoms with Gasteiger partial charge in [0.05, 0.1) is 0 Å². The van der Waals surface area contributed by atoms with Gasteiger partial charge in [-0.15, -0.1) is 0 Å². The van der Waals surface area contributed by atoms with Crippen molar-refractivity contribution in [3.63, 3.8) is 0 Å². The Bertz CT molecular complexity index is 939. The predicted octanol–water partition coefficient (Wildman–Crippen LogP) is 4.33. The Hall–Kier alpha value is -2.59. The van der Waals surface area contributed by atoms with Gasteiger partial charge >= 0.3 is 0 Å². The Morgan fingerprint density at radius 2 is 1.66 bits per heavy atom. The number of carbonyl (C=O) groups excluding carboxylic acids is 1. The highest BCUT2D eigenvalue weighted by Crippen LogP contribution is 2.23. The fraction of sp³-hybridized carbons (Fsp3) is 0.400. The van der Waals surface area contributed by atoms with Gasteiger partial charge in [0.2, 0.25) is 5.91 Å². The summed E-state index contributed by atoms with van der Waals surface area (Å²) in [5, 5.41) is 1.33. The first-order chi connectivity index (χ1) is 14.2. The lowest BCUT2D eigenvalue weighted by atomic mass is 10.1. The molecule has 152 valence electrons. The maximum Gasteiger partial charge on any atom is 0.222 e. The molecule has 29 heavy (non-hydrogen) atoms. The van der Waals surface area contributed by atoms with Crippen molar-refractivity contribution in [1.82, 2.24) is 14.4 Å². The number of hydrogen-bond acceptors (Lipinski definition) is 2. The monoisotopic (exact) mass is 389 g/mol. The number of rotatable bonds is 7. The van der Waals surface area contributed by atoms with Crippen molar-refractivity contribution in [2.45, 2.75) is 39.3 Å². The third kappa shape index (κ3) is 4.70. The minimum atomic E-state index is 0.309. The van der Waals surface area contributed by atoms with Crippen LogP contribution >= 0.6 is 0 Å². The summed E-state index contributed by atoms with van der Waals surface area (Å²) < 4.78 is 2.30. The van der Waals surface area contributed by atoms with Crippen molar-refractivity contribution in [2.24, 2.45) is 0 Å². The third-order valence-corrected chi connectivity index (χ3v) is 6.02. The van der Waals surface area contributed by atoms with E-state index in [1.54, 1.807) is 0 Å². The summed E-state index contributed by atoms with van der Waals surface area (Å²) in [6.07, 6.45) is 4.79. The van der Waals surface area contributed by atoms with Crippen molar-refractivity contribution in [3.05, 3.63) is 71.9 Å². The molecule has 2 aromatic carbocycles. The number of carbonyl (C=O) groups is 1. The van der Waals surface area contributed by atoms with Gasteiger partial charge in [0.25, 0.3) is 0 Å². The molecule has 4 heteroatoms. The number of piperazine rings is 1. The summed E-state index contributed by atoms with van der Waals surface area (Å²) in [6, 6.07) is 19.2. The van der Waals surface area contributed by atoms with Crippen LogP contribution in [-0.4, -0.2) is 46.5 Å². The highest BCUT2D eigenvalue weighted by Gasteiger charge is 2.20. The molecule has 1 aliphatic heterocycles. The van der Waals surface area contributed by atoms with E-state index in [0.717, 1.165) is 52.1 Å². The quantitative estimate of drug-likeness (QED) is 0.602. The van der Waals surface area contributed by atoms with E-state index >= 15 is 0 Å². The van der Waals surface area contributed by atoms with Crippen LogP contribution in [0.3, 0.4) is 0 Å². The Labute approximate surface area is 173 Å². The van der Waals surface area contributed by atoms with Crippen molar-refractivity contribution < 1.29 is 4.79 Å². The van der Waals surface area contributed by atoms with Gasteiger partial charge in [-0.3, -0.25) is 9.69 Å². The van der Waals surface area contributed by atoms with Crippen molar-refractivity contribution in [2.75, 3.05) is 26.2 Å². The lowest BCUT2D eigenvalue weighted by molar-refractivity contribution is -0.133. The second-order valence-electron chi connectivity index (χ2n) is 7.95. The van der Waals surface area contributed by atoms with Gasteiger partial charge in [0, 0.05) is 62.8 Å². The van der Waals surface area contributed by atoms with E-state index in [0.29, 0.717) is 12.3 Å². The van der Waals surface area contributed by atoms with Crippen molar-refractivity contribution >= 4 is 16.8 Å². The Kier molecular flexibility index (Phi) is 6.30. The van der Waals surface area contributed by atoms with Crippen molar-refractivity contribution in [3.8, 4) is 0 Å². The molecule has 1 fully saturated rings. The van der Waals surface area contributed by atoms with E-state index in [9.17, 15) is 4.79 Å². The smallest absolute Gasteiger partial charge is 0.222 e. The number of para-hydroxylation sites is 1. The summed E-state index contributed by atoms with van der Waals surface area (Å²) in [6.45, 7) is 7.76. The molecule has 0 atom stereocenters. The maximum atomic E-state index is 12.7. The Morgan fingerprint density at radius 3 is 2.41 bits per heavy atom. The molecule has 0 bridgehead atoms. The molecule has 1 amide bonds. The first kappa shape index (κ1) is 19.7. The normalized spacial score (nSPS) is 15.1. The van der Waals surface area contributed by atoms with E-state index in [1.165, 1.54) is 22.0 Å². The van der Waals surface area contributed by atoms with Gasteiger partial charge in [-0.1, -0.05) is 48.5 Å². The molecular weight excluding hydrogens is 358 g/mol. The summed E-state index contributed by atoms with van der Waals surface area (Å²) in [5.74, 6) is 0.309. The molecule has 0 unspecified atom stereocenters. The predicted molar refractivity (Wildman–Crippen MR) is 119 cm³/mol. The lowest BCUT2D eigenvalue weighted by Gasteiger charge is -2.34. The number of nitrogens with zero attached hydrogens (tertiary/aromatic N) is 3. The number of aryl methyl sites for hydroxylation is 2. The SMILES string of the molecule is CCn1cc(CCCC(=O)N2CCN(Cc3ccccc3)CC2)c2ccccc21. The first-order valence-electron chi connectivity index (χ1n) is 10.9. The van der Waals surface area contributed by atoms with Gasteiger partial charge in [0.1, 0.15) is 0 Å². The fourth-order valence-electron chi connectivity index (χ4n) is 4.37. The molecule has 0 spiro atoms. The topological polar surface area (TPSA) is 28.5 Å². The number of hydrogen-bond donors (Lipinski definition) is 0. The van der Waals surface area contributed by atoms with Gasteiger partial charge in [-0.25, -0.2) is 0 Å². The zero-order valence-corrected chi connectivity index (χ0v) is 17.4. The average Bonchev–Trinajstić information content (AvgIpc) is 3.13. The molecule has 0 N–H and O–H groups in total. The largest absolute Gasteiger partial charge is 0.347 e.